The van der Waals surface area contributed by atoms with Crippen LogP contribution in [0, 0.1) is 0 Å². The molecule has 0 unspecified atom stereocenters. The van der Waals surface area contributed by atoms with Crippen molar-refractivity contribution in [2.24, 2.45) is 5.73 Å². The van der Waals surface area contributed by atoms with Gasteiger partial charge in [-0.25, -0.2) is 9.97 Å². The van der Waals surface area contributed by atoms with Gasteiger partial charge in [0.25, 0.3) is 0 Å². The first-order chi connectivity index (χ1) is 11.5. The minimum atomic E-state index is 0.157. The molecule has 0 bridgehead atoms. The zero-order chi connectivity index (χ0) is 16.8. The fourth-order valence-corrected chi connectivity index (χ4v) is 3.72. The van der Waals surface area contributed by atoms with E-state index in [2.05, 4.69) is 22.9 Å². The third-order valence-corrected chi connectivity index (χ3v) is 5.32. The van der Waals surface area contributed by atoms with Crippen molar-refractivity contribution in [1.29, 1.82) is 0 Å². The molecular weight excluding hydrogens is 345 g/mol. The largest absolute Gasteiger partial charge is 0.352 e. The van der Waals surface area contributed by atoms with E-state index in [1.807, 2.05) is 16.8 Å². The molecule has 1 aromatic carbocycles. The Labute approximate surface area is 150 Å². The average molecular weight is 362 g/mol. The molecular formula is C17H17Cl2N5. The number of nitrogens with two attached hydrogens (primary N) is 1. The number of hydrogen-bond acceptors (Lipinski definition) is 4. The van der Waals surface area contributed by atoms with Crippen LogP contribution in [-0.2, 0) is 0 Å². The van der Waals surface area contributed by atoms with E-state index in [9.17, 15) is 0 Å². The Morgan fingerprint density at radius 2 is 2.12 bits per heavy atom. The van der Waals surface area contributed by atoms with E-state index in [1.54, 1.807) is 18.6 Å². The van der Waals surface area contributed by atoms with Gasteiger partial charge >= 0.3 is 0 Å². The number of pyridine rings is 1. The first-order valence-corrected chi connectivity index (χ1v) is 8.59. The van der Waals surface area contributed by atoms with Crippen molar-refractivity contribution in [3.8, 4) is 5.69 Å². The van der Waals surface area contributed by atoms with Crippen LogP contribution in [0.1, 0.15) is 13.3 Å². The Kier molecular flexibility index (Phi) is 3.87. The van der Waals surface area contributed by atoms with Gasteiger partial charge in [-0.15, -0.1) is 0 Å². The van der Waals surface area contributed by atoms with E-state index in [1.165, 1.54) is 0 Å². The minimum Gasteiger partial charge on any atom is -0.352 e. The highest BCUT2D eigenvalue weighted by Gasteiger charge is 2.28. The van der Waals surface area contributed by atoms with Gasteiger partial charge in [0.1, 0.15) is 5.82 Å². The number of imidazole rings is 1. The second-order valence-corrected chi connectivity index (χ2v) is 7.01. The molecule has 1 saturated heterocycles. The van der Waals surface area contributed by atoms with E-state index in [-0.39, 0.29) is 6.04 Å². The van der Waals surface area contributed by atoms with Gasteiger partial charge in [0.2, 0.25) is 0 Å². The van der Waals surface area contributed by atoms with Crippen LogP contribution < -0.4 is 10.6 Å². The number of halogens is 2. The average Bonchev–Trinajstić information content (AvgIpc) is 3.20. The third kappa shape index (κ3) is 2.53. The molecule has 7 heteroatoms. The maximum Gasteiger partial charge on any atom is 0.131 e. The van der Waals surface area contributed by atoms with Gasteiger partial charge in [-0.1, -0.05) is 23.2 Å². The van der Waals surface area contributed by atoms with Crippen LogP contribution in [0.5, 0.6) is 0 Å². The summed E-state index contributed by atoms with van der Waals surface area (Å²) in [6, 6.07) is 6.28. The lowest BCUT2D eigenvalue weighted by molar-refractivity contribution is 0.689. The summed E-state index contributed by atoms with van der Waals surface area (Å²) < 4.78 is 1.96. The summed E-state index contributed by atoms with van der Waals surface area (Å²) >= 11 is 12.6. The molecule has 2 N–H and O–H groups in total. The Balaban J connectivity index is 1.97. The van der Waals surface area contributed by atoms with Crippen LogP contribution >= 0.6 is 23.2 Å². The Morgan fingerprint density at radius 1 is 1.29 bits per heavy atom. The minimum absolute atomic E-state index is 0.157. The van der Waals surface area contributed by atoms with Crippen LogP contribution in [-0.4, -0.2) is 33.2 Å². The molecule has 0 spiro atoms. The van der Waals surface area contributed by atoms with Crippen LogP contribution in [0.4, 0.5) is 5.82 Å². The first kappa shape index (κ1) is 15.7. The molecule has 0 saturated carbocycles. The van der Waals surface area contributed by atoms with Gasteiger partial charge in [-0.05, 0) is 25.5 Å². The van der Waals surface area contributed by atoms with E-state index < -0.39 is 0 Å². The summed E-state index contributed by atoms with van der Waals surface area (Å²) in [7, 11) is 0. The predicted molar refractivity (Wildman–Crippen MR) is 98.3 cm³/mol. The molecule has 4 rings (SSSR count). The number of benzene rings is 1. The number of rotatable bonds is 2. The monoisotopic (exact) mass is 361 g/mol. The van der Waals surface area contributed by atoms with Crippen molar-refractivity contribution < 1.29 is 0 Å². The predicted octanol–water partition coefficient (Wildman–Crippen LogP) is 3.65. The standard InChI is InChI=1S/C17H17Cl2N5/c1-10-6-11(20)8-24(10)15-7-14(23-5-4-21-9-23)12-2-3-13(18)16(19)17(12)22-15/h2-5,7,9-11H,6,8,20H2,1H3/t10-,11-/m1/s1. The molecule has 124 valence electrons. The summed E-state index contributed by atoms with van der Waals surface area (Å²) in [5.41, 5.74) is 7.78. The van der Waals surface area contributed by atoms with Gasteiger partial charge in [0, 0.05) is 42.5 Å². The lowest BCUT2D eigenvalue weighted by Gasteiger charge is -2.24. The lowest BCUT2D eigenvalue weighted by Crippen LogP contribution is -2.30. The molecule has 2 aromatic heterocycles. The summed E-state index contributed by atoms with van der Waals surface area (Å²) in [5, 5.41) is 1.90. The quantitative estimate of drug-likeness (QED) is 0.756. The fraction of sp³-hybridized carbons (Fsp3) is 0.294. The van der Waals surface area contributed by atoms with Crippen molar-refractivity contribution >= 4 is 39.9 Å². The Hall–Kier alpha value is -1.82. The maximum atomic E-state index is 6.44. The number of hydrogen-bond donors (Lipinski definition) is 1. The summed E-state index contributed by atoms with van der Waals surface area (Å²) in [6.07, 6.45) is 6.36. The van der Waals surface area contributed by atoms with Gasteiger partial charge in [0.15, 0.2) is 0 Å². The van der Waals surface area contributed by atoms with Crippen molar-refractivity contribution in [3.05, 3.63) is 47.0 Å². The highest BCUT2D eigenvalue weighted by atomic mass is 35.5. The van der Waals surface area contributed by atoms with Crippen molar-refractivity contribution in [2.45, 2.75) is 25.4 Å². The molecule has 2 atom stereocenters. The molecule has 1 aliphatic rings. The summed E-state index contributed by atoms with van der Waals surface area (Å²) in [6.45, 7) is 2.94. The molecule has 0 radical (unpaired) electrons. The zero-order valence-corrected chi connectivity index (χ0v) is 14.7. The van der Waals surface area contributed by atoms with Crippen LogP contribution in [0.3, 0.4) is 0 Å². The van der Waals surface area contributed by atoms with Crippen molar-refractivity contribution in [2.75, 3.05) is 11.4 Å². The molecule has 3 aromatic rings. The van der Waals surface area contributed by atoms with E-state index in [4.69, 9.17) is 33.9 Å². The Morgan fingerprint density at radius 3 is 2.79 bits per heavy atom. The summed E-state index contributed by atoms with van der Waals surface area (Å²) in [5.74, 6) is 0.857. The molecule has 5 nitrogen and oxygen atoms in total. The van der Waals surface area contributed by atoms with Crippen LogP contribution in [0.2, 0.25) is 10.0 Å². The number of fused-ring (bicyclic) bond motifs is 1. The maximum absolute atomic E-state index is 6.44. The third-order valence-electron chi connectivity index (χ3n) is 4.52. The van der Waals surface area contributed by atoms with Crippen LogP contribution in [0.15, 0.2) is 36.9 Å². The second-order valence-electron chi connectivity index (χ2n) is 6.22. The highest BCUT2D eigenvalue weighted by Crippen LogP contribution is 2.36. The first-order valence-electron chi connectivity index (χ1n) is 7.84. The molecule has 1 fully saturated rings. The van der Waals surface area contributed by atoms with Gasteiger partial charge < -0.3 is 15.2 Å². The van der Waals surface area contributed by atoms with Crippen molar-refractivity contribution in [1.82, 2.24) is 14.5 Å². The molecule has 0 amide bonds. The number of aromatic nitrogens is 3. The smallest absolute Gasteiger partial charge is 0.131 e. The van der Waals surface area contributed by atoms with E-state index in [0.29, 0.717) is 21.6 Å². The van der Waals surface area contributed by atoms with E-state index in [0.717, 1.165) is 29.9 Å². The van der Waals surface area contributed by atoms with E-state index >= 15 is 0 Å². The number of nitrogens with zero attached hydrogens (tertiary/aromatic N) is 4. The lowest BCUT2D eigenvalue weighted by atomic mass is 10.1. The molecule has 1 aliphatic heterocycles. The second kappa shape index (κ2) is 5.92. The van der Waals surface area contributed by atoms with Crippen LogP contribution in [0.25, 0.3) is 16.6 Å². The topological polar surface area (TPSA) is 60.0 Å². The fourth-order valence-electron chi connectivity index (χ4n) is 3.36. The molecule has 0 aliphatic carbocycles. The molecule has 3 heterocycles. The normalized spacial score (nSPS) is 20.9. The summed E-state index contributed by atoms with van der Waals surface area (Å²) in [4.78, 5) is 11.2. The zero-order valence-electron chi connectivity index (χ0n) is 13.2. The van der Waals surface area contributed by atoms with Gasteiger partial charge in [-0.2, -0.15) is 0 Å². The Bertz CT molecular complexity index is 894. The number of anilines is 1. The van der Waals surface area contributed by atoms with Crippen molar-refractivity contribution in [3.63, 3.8) is 0 Å². The molecule has 24 heavy (non-hydrogen) atoms. The highest BCUT2D eigenvalue weighted by molar-refractivity contribution is 6.45. The van der Waals surface area contributed by atoms with Gasteiger partial charge in [-0.3, -0.25) is 0 Å². The SMILES string of the molecule is C[C@@H]1C[C@@H](N)CN1c1cc(-n2ccnc2)c2ccc(Cl)c(Cl)c2n1. The van der Waals surface area contributed by atoms with Gasteiger partial charge in [0.05, 0.1) is 27.6 Å².